The van der Waals surface area contributed by atoms with Gasteiger partial charge in [-0.25, -0.2) is 4.39 Å². The van der Waals surface area contributed by atoms with Gasteiger partial charge >= 0.3 is 6.18 Å². The number of hydrogen-bond donors (Lipinski definition) is 5. The van der Waals surface area contributed by atoms with Crippen molar-refractivity contribution in [2.24, 2.45) is 17.8 Å². The molecule has 7 atom stereocenters. The highest BCUT2D eigenvalue weighted by molar-refractivity contribution is 5.80. The van der Waals surface area contributed by atoms with E-state index in [0.29, 0.717) is 17.8 Å². The maximum Gasteiger partial charge on any atom is 0.405 e. The average molecular weight is 549 g/mol. The number of nitrogens with zero attached hydrogens (tertiary/aromatic N) is 3. The van der Waals surface area contributed by atoms with Crippen molar-refractivity contribution in [1.29, 1.82) is 5.41 Å². The second kappa shape index (κ2) is 11.7. The summed E-state index contributed by atoms with van der Waals surface area (Å²) >= 11 is 0. The van der Waals surface area contributed by atoms with Crippen LogP contribution in [0.4, 0.5) is 17.6 Å². The van der Waals surface area contributed by atoms with Crippen molar-refractivity contribution in [3.63, 3.8) is 0 Å². The first-order chi connectivity index (χ1) is 18.2. The third kappa shape index (κ3) is 5.64. The predicted octanol–water partition coefficient (Wildman–Crippen LogP) is 1.29. The zero-order valence-electron chi connectivity index (χ0n) is 22.4. The summed E-state index contributed by atoms with van der Waals surface area (Å²) in [7, 11) is 3.72. The fraction of sp³-hybridized carbons (Fsp3) is 0.960. The molecule has 5 fully saturated rings. The van der Waals surface area contributed by atoms with E-state index in [1.54, 1.807) is 12.0 Å². The number of likely N-dealkylation sites (N-methyl/N-ethyl adjacent to an activating group) is 1. The second-order valence-corrected chi connectivity index (χ2v) is 11.7. The first-order valence-electron chi connectivity index (χ1n) is 14.2. The van der Waals surface area contributed by atoms with Gasteiger partial charge in [-0.3, -0.25) is 31.6 Å². The molecule has 5 N–H and O–H groups in total. The summed E-state index contributed by atoms with van der Waals surface area (Å²) in [4.78, 5) is 5.86. The number of guanidine groups is 1. The number of piperidine rings is 1. The van der Waals surface area contributed by atoms with E-state index in [-0.39, 0.29) is 43.6 Å². The number of hydrogen-bond acceptors (Lipinski definition) is 7. The predicted molar refractivity (Wildman–Crippen MR) is 136 cm³/mol. The molecule has 218 valence electrons. The monoisotopic (exact) mass is 548 g/mol. The van der Waals surface area contributed by atoms with Crippen molar-refractivity contribution < 1.29 is 22.3 Å². The Bertz CT molecular complexity index is 813. The average Bonchev–Trinajstić information content (AvgIpc) is 3.44. The highest BCUT2D eigenvalue weighted by Gasteiger charge is 2.50. The Hall–Kier alpha value is -1.25. The van der Waals surface area contributed by atoms with E-state index in [1.807, 2.05) is 11.9 Å². The summed E-state index contributed by atoms with van der Waals surface area (Å²) < 4.78 is 58.9. The van der Waals surface area contributed by atoms with E-state index in [9.17, 15) is 17.6 Å². The van der Waals surface area contributed by atoms with E-state index in [0.717, 1.165) is 58.2 Å². The first kappa shape index (κ1) is 28.3. The molecule has 0 aromatic rings. The van der Waals surface area contributed by atoms with Gasteiger partial charge in [-0.2, -0.15) is 13.2 Å². The topological polar surface area (TPSA) is 90.9 Å². The molecule has 1 aliphatic carbocycles. The summed E-state index contributed by atoms with van der Waals surface area (Å²) in [6.07, 6.45) is 0.927. The lowest BCUT2D eigenvalue weighted by molar-refractivity contribution is -0.150. The van der Waals surface area contributed by atoms with Crippen molar-refractivity contribution in [2.45, 2.75) is 81.5 Å². The molecule has 4 saturated heterocycles. The van der Waals surface area contributed by atoms with E-state index in [4.69, 9.17) is 10.1 Å². The van der Waals surface area contributed by atoms with E-state index in [1.165, 1.54) is 0 Å². The van der Waals surface area contributed by atoms with E-state index in [2.05, 4.69) is 26.2 Å². The van der Waals surface area contributed by atoms with Gasteiger partial charge in [-0.15, -0.1) is 0 Å². The fourth-order valence-electron chi connectivity index (χ4n) is 7.46. The highest BCUT2D eigenvalue weighted by Crippen LogP contribution is 2.37. The minimum Gasteiger partial charge on any atom is -0.366 e. The Morgan fingerprint density at radius 1 is 1.05 bits per heavy atom. The molecule has 5 rings (SSSR count). The van der Waals surface area contributed by atoms with Gasteiger partial charge in [0.05, 0.1) is 18.4 Å². The second-order valence-electron chi connectivity index (χ2n) is 11.7. The first-order valence-corrected chi connectivity index (χ1v) is 14.2. The molecule has 7 unspecified atom stereocenters. The van der Waals surface area contributed by atoms with Crippen molar-refractivity contribution in [1.82, 2.24) is 36.0 Å². The van der Waals surface area contributed by atoms with E-state index >= 15 is 0 Å². The highest BCUT2D eigenvalue weighted by atomic mass is 19.4. The molecular formula is C25H44F4N8O. The standard InChI is InChI=1S/C25H44F4N8O/c1-35-18-12-32-20(17-4-3-10-31-23(17)38-2)34-22(18)37(24(35)30)13-15-5-7-16(8-6-15)21-33-19(25(27,28)29)14-36(21)11-9-26/h15-23,30-34H,3-14H2,1-2H3. The van der Waals surface area contributed by atoms with Crippen LogP contribution in [0.2, 0.25) is 0 Å². The minimum absolute atomic E-state index is 0.00860. The number of nitrogens with one attached hydrogen (secondary N) is 5. The Kier molecular flexibility index (Phi) is 8.71. The summed E-state index contributed by atoms with van der Waals surface area (Å²) in [6, 6.07) is -1.44. The number of alkyl halides is 4. The van der Waals surface area contributed by atoms with Gasteiger partial charge in [0.15, 0.2) is 5.96 Å². The number of ether oxygens (including phenoxy) is 1. The molecule has 0 radical (unpaired) electrons. The number of methoxy groups -OCH3 is 1. The Morgan fingerprint density at radius 3 is 2.50 bits per heavy atom. The molecule has 0 aromatic heterocycles. The van der Waals surface area contributed by atoms with Gasteiger partial charge in [0.25, 0.3) is 0 Å². The van der Waals surface area contributed by atoms with Crippen molar-refractivity contribution in [3.05, 3.63) is 0 Å². The molecule has 4 aliphatic heterocycles. The lowest BCUT2D eigenvalue weighted by Crippen LogP contribution is -2.69. The van der Waals surface area contributed by atoms with Crippen LogP contribution >= 0.6 is 0 Å². The molecule has 1 saturated carbocycles. The van der Waals surface area contributed by atoms with Gasteiger partial charge < -0.3 is 14.5 Å². The fourth-order valence-corrected chi connectivity index (χ4v) is 7.46. The normalized spacial score (nSPS) is 41.1. The van der Waals surface area contributed by atoms with Crippen LogP contribution in [0.3, 0.4) is 0 Å². The van der Waals surface area contributed by atoms with Gasteiger partial charge in [0.1, 0.15) is 25.1 Å². The van der Waals surface area contributed by atoms with Crippen LogP contribution in [-0.4, -0.2) is 117 Å². The quantitative estimate of drug-likeness (QED) is 0.304. The van der Waals surface area contributed by atoms with Crippen molar-refractivity contribution in [3.8, 4) is 0 Å². The smallest absolute Gasteiger partial charge is 0.366 e. The maximum atomic E-state index is 13.4. The molecule has 9 nitrogen and oxygen atoms in total. The lowest BCUT2D eigenvalue weighted by Gasteiger charge is -2.45. The number of halogens is 4. The van der Waals surface area contributed by atoms with Crippen LogP contribution in [0.1, 0.15) is 38.5 Å². The van der Waals surface area contributed by atoms with Gasteiger partial charge in [0.2, 0.25) is 0 Å². The van der Waals surface area contributed by atoms with Gasteiger partial charge in [0, 0.05) is 46.3 Å². The molecule has 13 heteroatoms. The minimum atomic E-state index is -4.32. The van der Waals surface area contributed by atoms with Crippen LogP contribution in [-0.2, 0) is 4.74 Å². The number of rotatable bonds is 7. The molecule has 0 bridgehead atoms. The maximum absolute atomic E-state index is 13.4. The zero-order valence-corrected chi connectivity index (χ0v) is 22.4. The third-order valence-electron chi connectivity index (χ3n) is 9.57. The molecule has 4 heterocycles. The SMILES string of the molecule is COC1NCCCC1C1NCC2C(N1)N(CC1CCC(C3NC(C(F)(F)F)CN3CCF)CC1)C(=N)N2C. The van der Waals surface area contributed by atoms with Crippen LogP contribution in [0, 0.1) is 23.2 Å². The summed E-state index contributed by atoms with van der Waals surface area (Å²) in [6.45, 7) is 1.71. The summed E-state index contributed by atoms with van der Waals surface area (Å²) in [5, 5.41) is 22.5. The molecule has 5 aliphatic rings. The van der Waals surface area contributed by atoms with Gasteiger partial charge in [-0.1, -0.05) is 0 Å². The van der Waals surface area contributed by atoms with Crippen LogP contribution in [0.15, 0.2) is 0 Å². The largest absolute Gasteiger partial charge is 0.405 e. The third-order valence-corrected chi connectivity index (χ3v) is 9.57. The van der Waals surface area contributed by atoms with Crippen LogP contribution in [0.25, 0.3) is 0 Å². The Labute approximate surface area is 222 Å². The molecule has 0 amide bonds. The van der Waals surface area contributed by atoms with Crippen molar-refractivity contribution >= 4 is 5.96 Å². The summed E-state index contributed by atoms with van der Waals surface area (Å²) in [5.74, 6) is 1.25. The molecule has 0 aromatic carbocycles. The van der Waals surface area contributed by atoms with Crippen LogP contribution in [0.5, 0.6) is 0 Å². The zero-order chi connectivity index (χ0) is 27.0. The van der Waals surface area contributed by atoms with Crippen molar-refractivity contribution in [2.75, 3.05) is 53.6 Å². The number of fused-ring (bicyclic) bond motifs is 1. The van der Waals surface area contributed by atoms with E-state index < -0.39 is 25.1 Å². The molecule has 38 heavy (non-hydrogen) atoms. The Morgan fingerprint density at radius 2 is 1.82 bits per heavy atom. The molecular weight excluding hydrogens is 504 g/mol. The lowest BCUT2D eigenvalue weighted by atomic mass is 9.80. The summed E-state index contributed by atoms with van der Waals surface area (Å²) in [5.41, 5.74) is 0. The Balaban J connectivity index is 1.19. The van der Waals surface area contributed by atoms with Crippen LogP contribution < -0.4 is 21.3 Å². The van der Waals surface area contributed by atoms with Gasteiger partial charge in [-0.05, 0) is 56.9 Å². The molecule has 0 spiro atoms.